The fourth-order valence-corrected chi connectivity index (χ4v) is 6.34. The van der Waals surface area contributed by atoms with Gasteiger partial charge in [-0.15, -0.1) is 0 Å². The van der Waals surface area contributed by atoms with Gasteiger partial charge in [0.15, 0.2) is 0 Å². The summed E-state index contributed by atoms with van der Waals surface area (Å²) in [6.45, 7) is 2.36. The van der Waals surface area contributed by atoms with Crippen LogP contribution < -0.4 is 5.32 Å². The van der Waals surface area contributed by atoms with Crippen molar-refractivity contribution in [3.63, 3.8) is 0 Å². The number of nitrogens with zero attached hydrogens (tertiary/aromatic N) is 4. The molecule has 3 heterocycles. The number of amides is 2. The number of hydrogen-bond acceptors (Lipinski definition) is 7. The Morgan fingerprint density at radius 2 is 1.93 bits per heavy atom. The van der Waals surface area contributed by atoms with E-state index in [4.69, 9.17) is 0 Å². The lowest BCUT2D eigenvalue weighted by Crippen LogP contribution is -2.46. The Labute approximate surface area is 179 Å². The quantitative estimate of drug-likeness (QED) is 0.707. The van der Waals surface area contributed by atoms with Gasteiger partial charge >= 0.3 is 0 Å². The number of rotatable bonds is 6. The standard InChI is InChI=1S/C19H25N5O4S2/c25-17(23-10-1-2-11-23)8-9-20-19(26)14-5-4-12-24(13-14)30(27,28)16-7-3-6-15-18(16)22-29-21-15/h3,6-7,14H,1-2,4-5,8-13H2,(H,20,26)/t14-/m0/s1. The molecule has 30 heavy (non-hydrogen) atoms. The molecule has 1 atom stereocenters. The van der Waals surface area contributed by atoms with Crippen LogP contribution in [0.4, 0.5) is 0 Å². The van der Waals surface area contributed by atoms with Crippen LogP contribution in [0.2, 0.25) is 0 Å². The maximum atomic E-state index is 13.2. The summed E-state index contributed by atoms with van der Waals surface area (Å²) < 4.78 is 36.0. The predicted octanol–water partition coefficient (Wildman–Crippen LogP) is 1.22. The molecule has 0 spiro atoms. The molecule has 1 aromatic heterocycles. The van der Waals surface area contributed by atoms with E-state index in [0.717, 1.165) is 37.7 Å². The number of fused-ring (bicyclic) bond motifs is 1. The third-order valence-corrected chi connectivity index (χ3v) is 8.16. The number of likely N-dealkylation sites (tertiary alicyclic amines) is 1. The van der Waals surface area contributed by atoms with Crippen LogP contribution in [0.15, 0.2) is 23.1 Å². The monoisotopic (exact) mass is 451 g/mol. The van der Waals surface area contributed by atoms with Crippen molar-refractivity contribution in [3.8, 4) is 0 Å². The molecule has 4 rings (SSSR count). The van der Waals surface area contributed by atoms with E-state index in [1.54, 1.807) is 12.1 Å². The van der Waals surface area contributed by atoms with Gasteiger partial charge in [0.2, 0.25) is 21.8 Å². The summed E-state index contributed by atoms with van der Waals surface area (Å²) in [6, 6.07) is 4.92. The normalized spacial score (nSPS) is 20.5. The van der Waals surface area contributed by atoms with E-state index in [9.17, 15) is 18.0 Å². The second kappa shape index (κ2) is 8.94. The van der Waals surface area contributed by atoms with E-state index in [-0.39, 0.29) is 36.2 Å². The second-order valence-electron chi connectivity index (χ2n) is 7.72. The van der Waals surface area contributed by atoms with E-state index >= 15 is 0 Å². The maximum absolute atomic E-state index is 13.2. The number of carbonyl (C=O) groups is 2. The average molecular weight is 452 g/mol. The lowest BCUT2D eigenvalue weighted by molar-refractivity contribution is -0.130. The highest BCUT2D eigenvalue weighted by atomic mass is 32.2. The van der Waals surface area contributed by atoms with Crippen molar-refractivity contribution in [2.75, 3.05) is 32.7 Å². The zero-order chi connectivity index (χ0) is 21.1. The number of nitrogens with one attached hydrogen (secondary N) is 1. The Hall–Kier alpha value is -2.11. The Kier molecular flexibility index (Phi) is 6.30. The largest absolute Gasteiger partial charge is 0.355 e. The van der Waals surface area contributed by atoms with Crippen LogP contribution in [0.1, 0.15) is 32.1 Å². The Balaban J connectivity index is 1.37. The van der Waals surface area contributed by atoms with Gasteiger partial charge in [-0.25, -0.2) is 8.42 Å². The van der Waals surface area contributed by atoms with Crippen molar-refractivity contribution < 1.29 is 18.0 Å². The van der Waals surface area contributed by atoms with Crippen LogP contribution in [0.25, 0.3) is 11.0 Å². The molecule has 162 valence electrons. The minimum absolute atomic E-state index is 0.0608. The van der Waals surface area contributed by atoms with Crippen LogP contribution in [0.5, 0.6) is 0 Å². The van der Waals surface area contributed by atoms with Gasteiger partial charge in [0.25, 0.3) is 0 Å². The minimum atomic E-state index is -3.77. The number of sulfonamides is 1. The summed E-state index contributed by atoms with van der Waals surface area (Å²) in [6.07, 6.45) is 3.58. The Bertz CT molecular complexity index is 1030. The number of piperidine rings is 1. The van der Waals surface area contributed by atoms with Gasteiger partial charge < -0.3 is 10.2 Å². The number of aromatic nitrogens is 2. The highest BCUT2D eigenvalue weighted by Gasteiger charge is 2.34. The lowest BCUT2D eigenvalue weighted by Gasteiger charge is -2.31. The molecule has 9 nitrogen and oxygen atoms in total. The molecule has 2 fully saturated rings. The third kappa shape index (κ3) is 4.33. The number of benzene rings is 1. The molecule has 2 aromatic rings. The summed E-state index contributed by atoms with van der Waals surface area (Å²) >= 11 is 0.978. The van der Waals surface area contributed by atoms with E-state index < -0.39 is 15.9 Å². The fraction of sp³-hybridized carbons (Fsp3) is 0.579. The van der Waals surface area contributed by atoms with Gasteiger partial charge in [-0.1, -0.05) is 6.07 Å². The molecule has 1 aromatic carbocycles. The molecule has 11 heteroatoms. The van der Waals surface area contributed by atoms with Gasteiger partial charge in [0, 0.05) is 39.1 Å². The molecule has 1 N–H and O–H groups in total. The first-order valence-corrected chi connectivity index (χ1v) is 12.4. The van der Waals surface area contributed by atoms with Gasteiger partial charge in [-0.2, -0.15) is 13.1 Å². The van der Waals surface area contributed by atoms with Crippen molar-refractivity contribution in [2.45, 2.75) is 37.0 Å². The molecular formula is C19H25N5O4S2. The highest BCUT2D eigenvalue weighted by Crippen LogP contribution is 2.28. The van der Waals surface area contributed by atoms with E-state index in [2.05, 4.69) is 14.1 Å². The van der Waals surface area contributed by atoms with E-state index in [0.29, 0.717) is 30.4 Å². The molecule has 2 saturated heterocycles. The zero-order valence-electron chi connectivity index (χ0n) is 16.6. The zero-order valence-corrected chi connectivity index (χ0v) is 18.3. The number of carbonyl (C=O) groups excluding carboxylic acids is 2. The van der Waals surface area contributed by atoms with Gasteiger partial charge in [-0.05, 0) is 37.8 Å². The summed E-state index contributed by atoms with van der Waals surface area (Å²) in [5.41, 5.74) is 0.921. The highest BCUT2D eigenvalue weighted by molar-refractivity contribution is 7.89. The molecule has 2 amide bonds. The minimum Gasteiger partial charge on any atom is -0.355 e. The molecule has 0 saturated carbocycles. The Morgan fingerprint density at radius 1 is 1.13 bits per heavy atom. The van der Waals surface area contributed by atoms with Crippen LogP contribution in [-0.2, 0) is 19.6 Å². The third-order valence-electron chi connectivity index (χ3n) is 5.72. The van der Waals surface area contributed by atoms with Gasteiger partial charge in [-0.3, -0.25) is 9.59 Å². The summed E-state index contributed by atoms with van der Waals surface area (Å²) in [7, 11) is -3.77. The summed E-state index contributed by atoms with van der Waals surface area (Å²) in [5.74, 6) is -0.563. The summed E-state index contributed by atoms with van der Waals surface area (Å²) in [4.78, 5) is 26.7. The van der Waals surface area contributed by atoms with Crippen LogP contribution in [0, 0.1) is 5.92 Å². The van der Waals surface area contributed by atoms with Crippen molar-refractivity contribution in [2.24, 2.45) is 5.92 Å². The van der Waals surface area contributed by atoms with E-state index in [1.807, 2.05) is 4.90 Å². The molecule has 0 radical (unpaired) electrons. The average Bonchev–Trinajstić information content (AvgIpc) is 3.45. The van der Waals surface area contributed by atoms with Crippen molar-refractivity contribution in [1.82, 2.24) is 23.3 Å². The van der Waals surface area contributed by atoms with Crippen molar-refractivity contribution in [3.05, 3.63) is 18.2 Å². The molecular weight excluding hydrogens is 426 g/mol. The Morgan fingerprint density at radius 3 is 2.73 bits per heavy atom. The molecule has 0 bridgehead atoms. The first kappa shape index (κ1) is 21.1. The first-order chi connectivity index (χ1) is 14.5. The SMILES string of the molecule is O=C(NCCC(=O)N1CCCC1)[C@H]1CCCN(S(=O)(=O)c2cccc3nsnc23)C1. The predicted molar refractivity (Wildman–Crippen MR) is 112 cm³/mol. The van der Waals surface area contributed by atoms with Crippen molar-refractivity contribution >= 4 is 44.6 Å². The fourth-order valence-electron chi connectivity index (χ4n) is 4.06. The first-order valence-electron chi connectivity index (χ1n) is 10.2. The van der Waals surface area contributed by atoms with Crippen LogP contribution in [-0.4, -0.2) is 70.9 Å². The topological polar surface area (TPSA) is 113 Å². The van der Waals surface area contributed by atoms with Crippen molar-refractivity contribution in [1.29, 1.82) is 0 Å². The summed E-state index contributed by atoms with van der Waals surface area (Å²) in [5, 5.41) is 2.82. The second-order valence-corrected chi connectivity index (χ2v) is 10.2. The van der Waals surface area contributed by atoms with Gasteiger partial charge in [0.05, 0.1) is 17.6 Å². The van der Waals surface area contributed by atoms with Gasteiger partial charge in [0.1, 0.15) is 15.9 Å². The number of hydrogen-bond donors (Lipinski definition) is 1. The van der Waals surface area contributed by atoms with Crippen LogP contribution >= 0.6 is 11.7 Å². The molecule has 0 unspecified atom stereocenters. The molecule has 2 aliphatic rings. The molecule has 2 aliphatic heterocycles. The molecule has 0 aliphatic carbocycles. The smallest absolute Gasteiger partial charge is 0.245 e. The lowest BCUT2D eigenvalue weighted by atomic mass is 9.99. The maximum Gasteiger partial charge on any atom is 0.245 e. The van der Waals surface area contributed by atoms with E-state index in [1.165, 1.54) is 10.4 Å². The van der Waals surface area contributed by atoms with Crippen LogP contribution in [0.3, 0.4) is 0 Å².